The molecule has 4 heteroatoms. The molecule has 1 aliphatic rings. The van der Waals surface area contributed by atoms with Crippen molar-refractivity contribution < 1.29 is 4.48 Å². The van der Waals surface area contributed by atoms with Crippen LogP contribution in [-0.2, 0) is 17.2 Å². The van der Waals surface area contributed by atoms with Crippen LogP contribution in [-0.4, -0.2) is 90.7 Å². The van der Waals surface area contributed by atoms with Crippen LogP contribution in [0.5, 0.6) is 0 Å². The van der Waals surface area contributed by atoms with Gasteiger partial charge in [0.2, 0.25) is 0 Å². The Kier molecular flexibility index (Phi) is 7.64. The third kappa shape index (κ3) is 3.99. The Balaban J connectivity index is 2.96. The molecular weight excluding hydrogens is 308 g/mol. The zero-order chi connectivity index (χ0) is 16.9. The average molecular weight is 352 g/mol. The summed E-state index contributed by atoms with van der Waals surface area (Å²) in [4.78, 5) is 2.53. The van der Waals surface area contributed by atoms with Crippen LogP contribution in [0.4, 0.5) is 0 Å². The van der Waals surface area contributed by atoms with E-state index in [4.69, 9.17) is 0 Å². The van der Waals surface area contributed by atoms with Gasteiger partial charge in [0.25, 0.3) is 0 Å². The predicted molar refractivity (Wildman–Crippen MR) is 111 cm³/mol. The fourth-order valence-electron chi connectivity index (χ4n) is 3.63. The molecule has 0 aromatic heterocycles. The van der Waals surface area contributed by atoms with Crippen LogP contribution < -0.4 is 0 Å². The normalized spacial score (nSPS) is 25.5. The monoisotopic (exact) mass is 351 g/mol. The highest BCUT2D eigenvalue weighted by atomic mass is 32.9. The summed E-state index contributed by atoms with van der Waals surface area (Å²) in [5.74, 6) is 9.17. The first-order valence-electron chi connectivity index (χ1n) is 9.41. The Hall–Kier alpha value is 0.620. The Morgan fingerprint density at radius 1 is 1.05 bits per heavy atom. The maximum Gasteiger partial charge on any atom is 0.0875 e. The van der Waals surface area contributed by atoms with Crippen molar-refractivity contribution in [3.05, 3.63) is 0 Å². The Morgan fingerprint density at radius 2 is 1.64 bits per heavy atom. The number of quaternary nitrogens is 1. The summed E-state index contributed by atoms with van der Waals surface area (Å²) in [6.45, 7) is 18.6. The minimum Gasteiger partial charge on any atom is -0.326 e. The molecule has 1 rings (SSSR count). The molecule has 0 aromatic carbocycles. The second kappa shape index (κ2) is 8.13. The van der Waals surface area contributed by atoms with Crippen LogP contribution in [0, 0.1) is 0 Å². The lowest BCUT2D eigenvalue weighted by Gasteiger charge is -2.60. The molecule has 0 fully saturated rings. The van der Waals surface area contributed by atoms with E-state index in [1.165, 1.54) is 60.2 Å². The summed E-state index contributed by atoms with van der Waals surface area (Å²) in [5, 5.41) is 0. The molecule has 0 spiro atoms. The largest absolute Gasteiger partial charge is 0.326 e. The maximum atomic E-state index is 2.53. The van der Waals surface area contributed by atoms with Gasteiger partial charge < -0.3 is 9.38 Å². The SMILES string of the molecule is CCN(C)CCS1(CC)(CC)=S(CC[N+](C)(CC)CC)CC1. The molecule has 1 unspecified atom stereocenters. The van der Waals surface area contributed by atoms with Crippen LogP contribution in [0.15, 0.2) is 0 Å². The first kappa shape index (κ1) is 20.7. The number of rotatable bonds is 11. The van der Waals surface area contributed by atoms with Gasteiger partial charge in [0.05, 0.1) is 26.7 Å². The topological polar surface area (TPSA) is 3.24 Å². The maximum absolute atomic E-state index is 2.53. The molecule has 1 heterocycles. The fraction of sp³-hybridized carbons (Fsp3) is 1.00. The van der Waals surface area contributed by atoms with Crippen molar-refractivity contribution in [2.75, 3.05) is 81.3 Å². The lowest BCUT2D eigenvalue weighted by atomic mass is 10.4. The van der Waals surface area contributed by atoms with E-state index in [-0.39, 0.29) is 0 Å². The van der Waals surface area contributed by atoms with Gasteiger partial charge in [-0.1, -0.05) is 20.8 Å². The summed E-state index contributed by atoms with van der Waals surface area (Å²) in [7, 11) is 4.41. The van der Waals surface area contributed by atoms with Crippen molar-refractivity contribution in [1.29, 1.82) is 0 Å². The van der Waals surface area contributed by atoms with Crippen molar-refractivity contribution in [1.82, 2.24) is 4.90 Å². The second-order valence-corrected chi connectivity index (χ2v) is 18.7. The van der Waals surface area contributed by atoms with E-state index in [2.05, 4.69) is 53.6 Å². The minimum absolute atomic E-state index is 0.746. The van der Waals surface area contributed by atoms with Gasteiger partial charge in [0.15, 0.2) is 0 Å². The fourth-order valence-corrected chi connectivity index (χ4v) is 17.4. The van der Waals surface area contributed by atoms with Crippen molar-refractivity contribution in [2.24, 2.45) is 0 Å². The molecule has 1 aliphatic heterocycles. The standard InChI is InChI=1S/C18H43N2S2/c1-8-19(6)13-17-22(11-4,12-5)18-16-21(22)15-14-20(7,9-2)10-3/h8-18H2,1-7H3/q+1. The van der Waals surface area contributed by atoms with Gasteiger partial charge in [-0.3, -0.25) is 0 Å². The van der Waals surface area contributed by atoms with E-state index >= 15 is 0 Å². The smallest absolute Gasteiger partial charge is 0.0875 e. The lowest BCUT2D eigenvalue weighted by molar-refractivity contribution is -0.903. The van der Waals surface area contributed by atoms with E-state index < -0.39 is 7.72 Å². The first-order valence-corrected chi connectivity index (χ1v) is 14.2. The molecule has 0 saturated heterocycles. The highest BCUT2D eigenvalue weighted by Crippen LogP contribution is 2.40. The molecule has 0 N–H and O–H groups in total. The van der Waals surface area contributed by atoms with Gasteiger partial charge >= 0.3 is 0 Å². The summed E-state index contributed by atoms with van der Waals surface area (Å²) in [6, 6.07) is 0. The molecule has 1 atom stereocenters. The van der Waals surface area contributed by atoms with Gasteiger partial charge in [-0.05, 0) is 56.2 Å². The average Bonchev–Trinajstić information content (AvgIpc) is 2.55. The van der Waals surface area contributed by atoms with E-state index in [9.17, 15) is 0 Å². The molecule has 0 aliphatic carbocycles. The van der Waals surface area contributed by atoms with Crippen LogP contribution >= 0.6 is 0 Å². The van der Waals surface area contributed by atoms with Crippen LogP contribution in [0.2, 0.25) is 0 Å². The highest BCUT2D eigenvalue weighted by Gasteiger charge is 2.40. The zero-order valence-corrected chi connectivity index (χ0v) is 18.1. The van der Waals surface area contributed by atoms with Crippen LogP contribution in [0.25, 0.3) is 0 Å². The molecule has 0 radical (unpaired) electrons. The summed E-state index contributed by atoms with van der Waals surface area (Å²) in [5.41, 5.74) is 0. The number of nitrogens with zero attached hydrogens (tertiary/aromatic N) is 2. The molecular formula is C18H43N2S2+. The van der Waals surface area contributed by atoms with Crippen molar-refractivity contribution in [3.63, 3.8) is 0 Å². The van der Waals surface area contributed by atoms with Gasteiger partial charge in [0.1, 0.15) is 0 Å². The predicted octanol–water partition coefficient (Wildman–Crippen LogP) is 2.70. The minimum atomic E-state index is -1.10. The number of hydrogen-bond acceptors (Lipinski definition) is 1. The van der Waals surface area contributed by atoms with Crippen molar-refractivity contribution >= 4 is 17.2 Å². The van der Waals surface area contributed by atoms with Gasteiger partial charge in [0, 0.05) is 12.3 Å². The first-order chi connectivity index (χ1) is 10.3. The van der Waals surface area contributed by atoms with E-state index in [1.807, 2.05) is 0 Å². The third-order valence-corrected chi connectivity index (χ3v) is 22.5. The molecule has 0 saturated carbocycles. The van der Waals surface area contributed by atoms with Gasteiger partial charge in [-0.25, -0.2) is 7.72 Å². The highest BCUT2D eigenvalue weighted by molar-refractivity contribution is 8.65. The molecule has 0 amide bonds. The second-order valence-electron chi connectivity index (χ2n) is 7.40. The number of hydrogen-bond donors (Lipinski definition) is 0. The van der Waals surface area contributed by atoms with Crippen molar-refractivity contribution in [2.45, 2.75) is 34.6 Å². The van der Waals surface area contributed by atoms with Crippen molar-refractivity contribution in [3.8, 4) is 0 Å². The zero-order valence-electron chi connectivity index (χ0n) is 16.5. The summed E-state index contributed by atoms with van der Waals surface area (Å²) in [6.07, 6.45) is 0. The third-order valence-electron chi connectivity index (χ3n) is 6.87. The van der Waals surface area contributed by atoms with Gasteiger partial charge in [-0.2, -0.15) is 9.45 Å². The Bertz CT molecular complexity index is 417. The van der Waals surface area contributed by atoms with E-state index in [1.54, 1.807) is 11.5 Å². The molecule has 22 heavy (non-hydrogen) atoms. The van der Waals surface area contributed by atoms with E-state index in [0.29, 0.717) is 0 Å². The molecule has 136 valence electrons. The van der Waals surface area contributed by atoms with Crippen LogP contribution in [0.1, 0.15) is 34.6 Å². The lowest BCUT2D eigenvalue weighted by Crippen LogP contribution is -2.61. The van der Waals surface area contributed by atoms with E-state index in [0.717, 1.165) is 9.45 Å². The summed E-state index contributed by atoms with van der Waals surface area (Å²) >= 11 is 0. The molecule has 2 nitrogen and oxygen atoms in total. The Morgan fingerprint density at radius 3 is 2.00 bits per heavy atom. The summed E-state index contributed by atoms with van der Waals surface area (Å²) < 4.78 is 1.27. The Labute approximate surface area is 142 Å². The van der Waals surface area contributed by atoms with Gasteiger partial charge in [-0.15, -0.1) is 0 Å². The molecule has 0 bridgehead atoms. The van der Waals surface area contributed by atoms with Crippen LogP contribution in [0.3, 0.4) is 0 Å². The quantitative estimate of drug-likeness (QED) is 0.517. The molecule has 0 aromatic rings.